The molecule has 2 aliphatic rings. The van der Waals surface area contributed by atoms with Crippen molar-refractivity contribution in [2.24, 2.45) is 0 Å². The topological polar surface area (TPSA) is 0 Å². The average Bonchev–Trinajstić information content (AvgIpc) is 2.77. The molecule has 2 rings (SSSR count). The molecule has 0 aromatic rings. The summed E-state index contributed by atoms with van der Waals surface area (Å²) in [5, 5.41) is 0. The molecule has 0 bridgehead atoms. The first kappa shape index (κ1) is 10.8. The van der Waals surface area contributed by atoms with Crippen LogP contribution in [-0.2, 0) is 25.8 Å². The smallest absolute Gasteiger partial charge is 0 e. The van der Waals surface area contributed by atoms with Gasteiger partial charge in [-0.2, -0.15) is 18.1 Å². The maximum absolute atomic E-state index is 2.22. The third-order valence-electron chi connectivity index (χ3n) is 2.51. The van der Waals surface area contributed by atoms with Crippen molar-refractivity contribution in [3.05, 3.63) is 53.5 Å². The first-order valence-corrected chi connectivity index (χ1v) is 4.43. The molecule has 1 heteroatoms. The molecule has 68 valence electrons. The van der Waals surface area contributed by atoms with E-state index in [1.807, 2.05) is 0 Å². The minimum absolute atomic E-state index is 0. The maximum atomic E-state index is 2.22. The van der Waals surface area contributed by atoms with Gasteiger partial charge in [-0.1, -0.05) is 19.1 Å². The molecule has 0 N–H and O–H groups in total. The van der Waals surface area contributed by atoms with Gasteiger partial charge in [0.05, 0.1) is 0 Å². The fourth-order valence-electron chi connectivity index (χ4n) is 1.66. The molecule has 13 heavy (non-hydrogen) atoms. The summed E-state index contributed by atoms with van der Waals surface area (Å²) in [5.41, 5.74) is 2.95. The van der Waals surface area contributed by atoms with Crippen LogP contribution < -0.4 is 0 Å². The van der Waals surface area contributed by atoms with Crippen molar-refractivity contribution >= 4 is 0 Å². The molecular weight excluding hydrogens is 323 g/mol. The summed E-state index contributed by atoms with van der Waals surface area (Å²) < 4.78 is 0. The third kappa shape index (κ3) is 2.34. The molecule has 0 radical (unpaired) electrons. The van der Waals surface area contributed by atoms with E-state index < -0.39 is 0 Å². The minimum Gasteiger partial charge on any atom is -1.00 e. The van der Waals surface area contributed by atoms with Gasteiger partial charge >= 0.3 is 0 Å². The standard InChI is InChI=1S/C12H13.Hf.H/c1-10(11-6-2-3-7-11)12-8-4-5-9-12;;/h2-6,8H,7,9H2,1H3;;/q-1;;-1. The molecule has 0 nitrogen and oxygen atoms in total. The van der Waals surface area contributed by atoms with Crippen molar-refractivity contribution in [3.8, 4) is 0 Å². The zero-order valence-corrected chi connectivity index (χ0v) is 11.5. The van der Waals surface area contributed by atoms with Gasteiger partial charge in [-0.05, 0) is 12.8 Å². The Morgan fingerprint density at radius 2 is 1.54 bits per heavy atom. The van der Waals surface area contributed by atoms with Gasteiger partial charge in [0, 0.05) is 25.8 Å². The first-order chi connectivity index (χ1) is 5.88. The van der Waals surface area contributed by atoms with E-state index in [2.05, 4.69) is 43.4 Å². The fraction of sp³-hybridized carbons (Fsp3) is 0.250. The SMILES string of the molecule is C[C-](C1=CC=CC1)C1=CC=CC1.[H-].[Hf]. The normalized spacial score (nSPS) is 18.2. The van der Waals surface area contributed by atoms with Gasteiger partial charge in [-0.3, -0.25) is 0 Å². The van der Waals surface area contributed by atoms with E-state index in [0.29, 0.717) is 0 Å². The van der Waals surface area contributed by atoms with Crippen LogP contribution in [0.1, 0.15) is 21.2 Å². The Kier molecular flexibility index (Phi) is 3.98. The van der Waals surface area contributed by atoms with Crippen molar-refractivity contribution in [2.45, 2.75) is 19.8 Å². The third-order valence-corrected chi connectivity index (χ3v) is 2.51. The van der Waals surface area contributed by atoms with E-state index in [0.717, 1.165) is 12.8 Å². The van der Waals surface area contributed by atoms with Gasteiger partial charge < -0.3 is 1.43 Å². The molecule has 0 atom stereocenters. The van der Waals surface area contributed by atoms with Crippen LogP contribution >= 0.6 is 0 Å². The van der Waals surface area contributed by atoms with Crippen molar-refractivity contribution in [3.63, 3.8) is 0 Å². The number of rotatable bonds is 2. The molecule has 0 amide bonds. The van der Waals surface area contributed by atoms with Crippen LogP contribution in [0.15, 0.2) is 47.6 Å². The quantitative estimate of drug-likeness (QED) is 0.535. The van der Waals surface area contributed by atoms with Gasteiger partial charge in [0.2, 0.25) is 0 Å². The summed E-state index contributed by atoms with van der Waals surface area (Å²) in [6.45, 7) is 2.22. The van der Waals surface area contributed by atoms with Crippen molar-refractivity contribution in [1.82, 2.24) is 0 Å². The first-order valence-electron chi connectivity index (χ1n) is 4.43. The van der Waals surface area contributed by atoms with Crippen molar-refractivity contribution < 1.29 is 27.3 Å². The minimum atomic E-state index is 0. The second-order valence-corrected chi connectivity index (χ2v) is 3.27. The summed E-state index contributed by atoms with van der Waals surface area (Å²) in [5.74, 6) is 1.46. The van der Waals surface area contributed by atoms with Gasteiger partial charge in [0.25, 0.3) is 0 Å². The van der Waals surface area contributed by atoms with Crippen molar-refractivity contribution in [1.29, 1.82) is 0 Å². The summed E-state index contributed by atoms with van der Waals surface area (Å²) in [6, 6.07) is 0. The van der Waals surface area contributed by atoms with E-state index in [-0.39, 0.29) is 27.3 Å². The molecule has 0 aromatic heterocycles. The summed E-state index contributed by atoms with van der Waals surface area (Å²) in [4.78, 5) is 0. The fourth-order valence-corrected chi connectivity index (χ4v) is 1.66. The molecule has 0 aromatic carbocycles. The maximum Gasteiger partial charge on any atom is 0 e. The van der Waals surface area contributed by atoms with Gasteiger partial charge in [0.15, 0.2) is 0 Å². The Morgan fingerprint density at radius 1 is 1.08 bits per heavy atom. The molecule has 0 saturated heterocycles. The number of allylic oxidation sites excluding steroid dienone is 8. The number of hydrogen-bond acceptors (Lipinski definition) is 0. The second-order valence-electron chi connectivity index (χ2n) is 3.27. The van der Waals surface area contributed by atoms with Crippen LogP contribution in [0.25, 0.3) is 0 Å². The van der Waals surface area contributed by atoms with E-state index in [9.17, 15) is 0 Å². The Balaban J connectivity index is 0.000000845. The average molecular weight is 337 g/mol. The summed E-state index contributed by atoms with van der Waals surface area (Å²) in [7, 11) is 0. The van der Waals surface area contributed by atoms with Gasteiger partial charge in [-0.15, -0.1) is 23.3 Å². The molecule has 0 saturated carbocycles. The molecule has 0 fully saturated rings. The molecule has 0 heterocycles. The Hall–Kier alpha value is -0.300. The van der Waals surface area contributed by atoms with Crippen LogP contribution in [0.2, 0.25) is 0 Å². The van der Waals surface area contributed by atoms with Gasteiger partial charge in [0.1, 0.15) is 0 Å². The molecular formula is C12H14Hf-2. The van der Waals surface area contributed by atoms with Crippen molar-refractivity contribution in [2.75, 3.05) is 0 Å². The van der Waals surface area contributed by atoms with Crippen LogP contribution in [0.4, 0.5) is 0 Å². The number of hydrogen-bond donors (Lipinski definition) is 0. The zero-order valence-electron chi connectivity index (χ0n) is 8.88. The monoisotopic (exact) mass is 338 g/mol. The summed E-state index contributed by atoms with van der Waals surface area (Å²) >= 11 is 0. The Labute approximate surface area is 100 Å². The van der Waals surface area contributed by atoms with Crippen LogP contribution in [0, 0.1) is 5.92 Å². The molecule has 0 unspecified atom stereocenters. The van der Waals surface area contributed by atoms with E-state index >= 15 is 0 Å². The predicted molar refractivity (Wildman–Crippen MR) is 53.7 cm³/mol. The largest absolute Gasteiger partial charge is 1.00 e. The Bertz CT molecular complexity index is 267. The van der Waals surface area contributed by atoms with Crippen LogP contribution in [-0.4, -0.2) is 0 Å². The Morgan fingerprint density at radius 3 is 1.85 bits per heavy atom. The van der Waals surface area contributed by atoms with E-state index in [1.54, 1.807) is 0 Å². The van der Waals surface area contributed by atoms with Crippen LogP contribution in [0.3, 0.4) is 0 Å². The predicted octanol–water partition coefficient (Wildman–Crippen LogP) is 3.46. The second kappa shape index (κ2) is 4.80. The molecule has 0 aliphatic heterocycles. The summed E-state index contributed by atoms with van der Waals surface area (Å²) in [6.07, 6.45) is 15.4. The van der Waals surface area contributed by atoms with Crippen LogP contribution in [0.5, 0.6) is 0 Å². The molecule has 2 aliphatic carbocycles. The van der Waals surface area contributed by atoms with E-state index in [1.165, 1.54) is 17.1 Å². The molecule has 0 spiro atoms. The van der Waals surface area contributed by atoms with Gasteiger partial charge in [-0.25, -0.2) is 0 Å². The van der Waals surface area contributed by atoms with E-state index in [4.69, 9.17) is 0 Å². The zero-order chi connectivity index (χ0) is 8.39.